The lowest BCUT2D eigenvalue weighted by Crippen LogP contribution is -2.88. The van der Waals surface area contributed by atoms with Crippen LogP contribution in [-0.2, 0) is 0 Å². The molecule has 0 aliphatic heterocycles. The van der Waals surface area contributed by atoms with Gasteiger partial charge in [0.2, 0.25) is 0 Å². The van der Waals surface area contributed by atoms with Crippen LogP contribution < -0.4 is 0 Å². The van der Waals surface area contributed by atoms with Gasteiger partial charge in [0.1, 0.15) is 9.75 Å². The van der Waals surface area contributed by atoms with E-state index in [0.29, 0.717) is 11.8 Å². The van der Waals surface area contributed by atoms with E-state index in [1.807, 2.05) is 0 Å². The van der Waals surface area contributed by atoms with Crippen LogP contribution in [0.15, 0.2) is 0 Å². The van der Waals surface area contributed by atoms with Gasteiger partial charge >= 0.3 is 0 Å². The van der Waals surface area contributed by atoms with E-state index in [1.165, 1.54) is 0 Å². The maximum absolute atomic E-state index is 6.75. The van der Waals surface area contributed by atoms with Crippen LogP contribution in [0, 0.1) is 23.7 Å². The van der Waals surface area contributed by atoms with Crippen LogP contribution in [0.2, 0.25) is 0 Å². The molecule has 0 heterocycles. The molecule has 0 amide bonds. The van der Waals surface area contributed by atoms with E-state index >= 15 is 0 Å². The minimum absolute atomic E-state index is 0.231. The second-order valence-electron chi connectivity index (χ2n) is 5.92. The van der Waals surface area contributed by atoms with Crippen molar-refractivity contribution in [1.29, 1.82) is 0 Å². The van der Waals surface area contributed by atoms with Gasteiger partial charge in [-0.3, -0.25) is 0 Å². The average Bonchev–Trinajstić information content (AvgIpc) is 2.69. The van der Waals surface area contributed by atoms with Gasteiger partial charge in [0.15, 0.2) is 4.33 Å². The number of hydrogen-bond acceptors (Lipinski definition) is 0. The summed E-state index contributed by atoms with van der Waals surface area (Å²) < 4.78 is -1.22. The predicted molar refractivity (Wildman–Crippen MR) is 67.4 cm³/mol. The zero-order valence-electron chi connectivity index (χ0n) is 7.78. The summed E-state index contributed by atoms with van der Waals surface area (Å²) in [5, 5.41) is 0. The van der Waals surface area contributed by atoms with Crippen molar-refractivity contribution in [3.8, 4) is 0 Å². The van der Waals surface area contributed by atoms with Crippen LogP contribution in [0.4, 0.5) is 0 Å². The molecule has 6 rings (SSSR count). The van der Waals surface area contributed by atoms with Crippen molar-refractivity contribution >= 4 is 69.6 Å². The Morgan fingerprint density at radius 1 is 0.625 bits per heavy atom. The molecule has 0 aromatic rings. The van der Waals surface area contributed by atoms with E-state index < -0.39 is 23.8 Å². The van der Waals surface area contributed by atoms with Crippen LogP contribution in [0.5, 0.6) is 0 Å². The number of alkyl halides is 6. The molecule has 6 heteroatoms. The molecule has 0 radical (unpaired) electrons. The second-order valence-corrected chi connectivity index (χ2v) is 9.63. The lowest BCUT2D eigenvalue weighted by Gasteiger charge is -2.76. The average molecular weight is 339 g/mol. The summed E-state index contributed by atoms with van der Waals surface area (Å²) in [6.07, 6.45) is 0.979. The number of rotatable bonds is 0. The predicted octanol–water partition coefficient (Wildman–Crippen LogP) is 3.99. The zero-order valence-corrected chi connectivity index (χ0v) is 12.3. The van der Waals surface area contributed by atoms with Gasteiger partial charge < -0.3 is 0 Å². The molecular weight excluding hydrogens is 333 g/mol. The number of hydrogen-bond donors (Lipinski definition) is 0. The third kappa shape index (κ3) is 0.455. The van der Waals surface area contributed by atoms with Gasteiger partial charge in [0.25, 0.3) is 0 Å². The van der Waals surface area contributed by atoms with Crippen molar-refractivity contribution in [3.63, 3.8) is 0 Å². The highest BCUT2D eigenvalue weighted by Gasteiger charge is 3.12. The molecule has 6 saturated carbocycles. The molecule has 6 aliphatic rings. The summed E-state index contributed by atoms with van der Waals surface area (Å²) in [7, 11) is 0. The molecule has 88 valence electrons. The molecule has 6 fully saturated rings. The quantitative estimate of drug-likeness (QED) is 0.586. The molecule has 16 heavy (non-hydrogen) atoms. The van der Waals surface area contributed by atoms with Gasteiger partial charge in [-0.25, -0.2) is 0 Å². The SMILES string of the molecule is ClC1(Cl)[C@]2(Cl)[C@H]3C[C@@H]4[C@@H]5[C@H]3[C@@]1(Cl)[C@]5(Cl)[C@@]42Cl. The van der Waals surface area contributed by atoms with Crippen LogP contribution in [0.25, 0.3) is 0 Å². The molecule has 0 N–H and O–H groups in total. The Kier molecular flexibility index (Phi) is 1.36. The Morgan fingerprint density at radius 3 is 1.69 bits per heavy atom. The molecule has 0 aromatic carbocycles. The highest BCUT2D eigenvalue weighted by atomic mass is 35.5. The van der Waals surface area contributed by atoms with E-state index in [2.05, 4.69) is 0 Å². The molecule has 0 unspecified atom stereocenters. The van der Waals surface area contributed by atoms with Crippen molar-refractivity contribution < 1.29 is 0 Å². The lowest BCUT2D eigenvalue weighted by molar-refractivity contribution is -0.106. The minimum Gasteiger partial charge on any atom is -0.115 e. The van der Waals surface area contributed by atoms with Gasteiger partial charge in [-0.05, 0) is 30.1 Å². The third-order valence-corrected chi connectivity index (χ3v) is 11.5. The summed E-state index contributed by atoms with van der Waals surface area (Å²) in [5.41, 5.74) is 0. The monoisotopic (exact) mass is 336 g/mol. The van der Waals surface area contributed by atoms with Crippen molar-refractivity contribution in [1.82, 2.24) is 0 Å². The van der Waals surface area contributed by atoms with Gasteiger partial charge in [-0.2, -0.15) is 0 Å². The molecule has 0 saturated heterocycles. The Bertz CT molecular complexity index is 463. The van der Waals surface area contributed by atoms with Crippen molar-refractivity contribution in [2.45, 2.75) is 30.3 Å². The first-order chi connectivity index (χ1) is 7.22. The van der Waals surface area contributed by atoms with Crippen LogP contribution in [0.3, 0.4) is 0 Å². The van der Waals surface area contributed by atoms with Gasteiger partial charge in [0, 0.05) is 0 Å². The van der Waals surface area contributed by atoms with Crippen molar-refractivity contribution in [2.75, 3.05) is 0 Å². The first kappa shape index (κ1) is 10.5. The lowest BCUT2D eigenvalue weighted by atomic mass is 9.39. The highest BCUT2D eigenvalue weighted by molar-refractivity contribution is 6.65. The Hall–Kier alpha value is 1.74. The summed E-state index contributed by atoms with van der Waals surface area (Å²) in [4.78, 5) is -3.09. The normalized spacial score (nSPS) is 83.6. The van der Waals surface area contributed by atoms with Crippen LogP contribution >= 0.6 is 69.6 Å². The molecule has 0 spiro atoms. The molecule has 8 atom stereocenters. The molecule has 4 bridgehead atoms. The molecule has 0 nitrogen and oxygen atoms in total. The molecule has 6 aliphatic carbocycles. The zero-order chi connectivity index (χ0) is 11.5. The summed E-state index contributed by atoms with van der Waals surface area (Å²) >= 11 is 39.9. The number of halogens is 6. The maximum Gasteiger partial charge on any atom is 0.160 e. The first-order valence-corrected chi connectivity index (χ1v) is 7.62. The van der Waals surface area contributed by atoms with Crippen LogP contribution in [-0.4, -0.2) is 23.8 Å². The highest BCUT2D eigenvalue weighted by Crippen LogP contribution is 3.02. The second kappa shape index (κ2) is 2.07. The van der Waals surface area contributed by atoms with Crippen LogP contribution in [0.1, 0.15) is 6.42 Å². The van der Waals surface area contributed by atoms with E-state index in [4.69, 9.17) is 69.6 Å². The Balaban J connectivity index is 1.96. The van der Waals surface area contributed by atoms with E-state index in [1.54, 1.807) is 0 Å². The Morgan fingerprint density at radius 2 is 1.12 bits per heavy atom. The van der Waals surface area contributed by atoms with Gasteiger partial charge in [0.05, 0.1) is 9.75 Å². The topological polar surface area (TPSA) is 0 Å². The first-order valence-electron chi connectivity index (χ1n) is 5.36. The fourth-order valence-electron chi connectivity index (χ4n) is 5.97. The van der Waals surface area contributed by atoms with Crippen molar-refractivity contribution in [2.24, 2.45) is 23.7 Å². The van der Waals surface area contributed by atoms with E-state index in [9.17, 15) is 0 Å². The van der Waals surface area contributed by atoms with E-state index in [-0.39, 0.29) is 11.8 Å². The molecular formula is C10H6Cl6. The fraction of sp³-hybridized carbons (Fsp3) is 1.00. The van der Waals surface area contributed by atoms with Gasteiger partial charge in [-0.15, -0.1) is 46.4 Å². The summed E-state index contributed by atoms with van der Waals surface area (Å²) in [6.45, 7) is 0. The Labute approximate surface area is 123 Å². The standard InChI is InChI=1S/C10H6Cl6/c11-6-2-1-3-5-4(2)8(6,13)9(5,14)10(15,16)7(3,6)12/h2-5H,1H2/t2-,3+,4-,5+,6-,7+,8-,9-/m1/s1. The van der Waals surface area contributed by atoms with Gasteiger partial charge in [-0.1, -0.05) is 23.2 Å². The minimum atomic E-state index is -1.22. The largest absolute Gasteiger partial charge is 0.160 e. The van der Waals surface area contributed by atoms with Crippen molar-refractivity contribution in [3.05, 3.63) is 0 Å². The smallest absolute Gasteiger partial charge is 0.115 e. The summed E-state index contributed by atoms with van der Waals surface area (Å²) in [5.74, 6) is 1.21. The summed E-state index contributed by atoms with van der Waals surface area (Å²) in [6, 6.07) is 0. The fourth-order valence-corrected chi connectivity index (χ4v) is 10.4. The van der Waals surface area contributed by atoms with E-state index in [0.717, 1.165) is 6.42 Å². The third-order valence-electron chi connectivity index (χ3n) is 6.20. The maximum atomic E-state index is 6.75. The molecule has 0 aromatic heterocycles.